The Morgan fingerprint density at radius 2 is 1.10 bits per heavy atom. The highest BCUT2D eigenvalue weighted by atomic mass is 16.3. The topological polar surface area (TPSA) is 133 Å². The average Bonchev–Trinajstić information content (AvgIpc) is 3.02. The minimum Gasteiger partial charge on any atom is -0.395 e. The number of aryl methyl sites for hydroxylation is 2. The molecule has 0 radical (unpaired) electrons. The molecule has 0 saturated carbocycles. The van der Waals surface area contributed by atoms with Crippen LogP contribution in [0.1, 0.15) is 141 Å². The van der Waals surface area contributed by atoms with E-state index < -0.39 is 17.7 Å². The maximum absolute atomic E-state index is 9.51. The van der Waals surface area contributed by atoms with Crippen LogP contribution < -0.4 is 11.5 Å². The highest BCUT2D eigenvalue weighted by molar-refractivity contribution is 5.23. The zero-order valence-electron chi connectivity index (χ0n) is 27.3. The Kier molecular flexibility index (Phi) is 27.6. The predicted molar refractivity (Wildman–Crippen MR) is 180 cm³/mol. The lowest BCUT2D eigenvalue weighted by atomic mass is 9.93. The Labute approximate surface area is 259 Å². The van der Waals surface area contributed by atoms with Gasteiger partial charge in [-0.3, -0.25) is 0 Å². The van der Waals surface area contributed by atoms with Crippen LogP contribution in [0, 0.1) is 0 Å². The van der Waals surface area contributed by atoms with E-state index in [-0.39, 0.29) is 19.8 Å². The van der Waals surface area contributed by atoms with Crippen LogP contribution in [0.5, 0.6) is 0 Å². The molecule has 1 aromatic carbocycles. The molecule has 0 aliphatic rings. The van der Waals surface area contributed by atoms with E-state index in [4.69, 9.17) is 16.6 Å². The fourth-order valence-electron chi connectivity index (χ4n) is 4.82. The van der Waals surface area contributed by atoms with Crippen LogP contribution in [0.2, 0.25) is 0 Å². The number of allylic oxidation sites excluding steroid dienone is 1. The number of benzene rings is 1. The smallest absolute Gasteiger partial charge is 0.0894 e. The van der Waals surface area contributed by atoms with E-state index in [9.17, 15) is 15.3 Å². The number of aliphatic hydroxyl groups excluding tert-OH is 4. The zero-order chi connectivity index (χ0) is 31.3. The zero-order valence-corrected chi connectivity index (χ0v) is 27.3. The van der Waals surface area contributed by atoms with E-state index in [1.54, 1.807) is 6.08 Å². The highest BCUT2D eigenvalue weighted by Crippen LogP contribution is 2.15. The third kappa shape index (κ3) is 23.2. The number of aliphatic hydroxyl groups is 4. The molecule has 0 aliphatic carbocycles. The van der Waals surface area contributed by atoms with Gasteiger partial charge in [0.2, 0.25) is 0 Å². The Morgan fingerprint density at radius 1 is 0.667 bits per heavy atom. The van der Waals surface area contributed by atoms with Crippen LogP contribution in [0.25, 0.3) is 0 Å². The monoisotopic (exact) mass is 593 g/mol. The first-order chi connectivity index (χ1) is 20.4. The molecule has 0 saturated heterocycles. The Morgan fingerprint density at radius 3 is 1.55 bits per heavy atom. The van der Waals surface area contributed by atoms with Crippen molar-refractivity contribution in [2.24, 2.45) is 11.5 Å². The Bertz CT molecular complexity index is 722. The largest absolute Gasteiger partial charge is 0.395 e. The number of rotatable bonds is 26. The molecule has 0 spiro atoms. The van der Waals surface area contributed by atoms with Gasteiger partial charge < -0.3 is 31.9 Å². The molecular formula is C36H68N2O4. The van der Waals surface area contributed by atoms with Gasteiger partial charge in [-0.1, -0.05) is 140 Å². The number of unbranched alkanes of at least 4 members (excludes halogenated alkanes) is 15. The molecule has 0 aliphatic heterocycles. The van der Waals surface area contributed by atoms with Crippen molar-refractivity contribution in [3.8, 4) is 0 Å². The van der Waals surface area contributed by atoms with E-state index >= 15 is 0 Å². The summed E-state index contributed by atoms with van der Waals surface area (Å²) in [7, 11) is 0. The van der Waals surface area contributed by atoms with Crippen LogP contribution >= 0.6 is 0 Å². The third-order valence-electron chi connectivity index (χ3n) is 8.09. The maximum atomic E-state index is 9.51. The van der Waals surface area contributed by atoms with Crippen molar-refractivity contribution in [1.29, 1.82) is 0 Å². The molecule has 42 heavy (non-hydrogen) atoms. The lowest BCUT2D eigenvalue weighted by molar-refractivity contribution is 0.115. The van der Waals surface area contributed by atoms with Crippen LogP contribution in [-0.4, -0.2) is 57.9 Å². The summed E-state index contributed by atoms with van der Waals surface area (Å²) in [6.07, 6.45) is 27.9. The van der Waals surface area contributed by atoms with Crippen molar-refractivity contribution >= 4 is 0 Å². The molecule has 0 heterocycles. The maximum Gasteiger partial charge on any atom is 0.0894 e. The molecule has 0 amide bonds. The van der Waals surface area contributed by atoms with Gasteiger partial charge in [-0.15, -0.1) is 0 Å². The van der Waals surface area contributed by atoms with E-state index in [1.165, 1.54) is 114 Å². The molecule has 0 bridgehead atoms. The average molecular weight is 593 g/mol. The van der Waals surface area contributed by atoms with Crippen molar-refractivity contribution in [1.82, 2.24) is 0 Å². The summed E-state index contributed by atoms with van der Waals surface area (Å²) in [5.41, 5.74) is 13.1. The van der Waals surface area contributed by atoms with Gasteiger partial charge in [0.1, 0.15) is 0 Å². The first kappa shape index (κ1) is 40.7. The molecule has 6 heteroatoms. The van der Waals surface area contributed by atoms with Crippen LogP contribution in [0.3, 0.4) is 0 Å². The van der Waals surface area contributed by atoms with Crippen molar-refractivity contribution in [3.63, 3.8) is 0 Å². The van der Waals surface area contributed by atoms with Gasteiger partial charge in [-0.2, -0.15) is 0 Å². The van der Waals surface area contributed by atoms with Gasteiger partial charge in [-0.05, 0) is 49.7 Å². The fraction of sp³-hybridized carbons (Fsp3) is 0.778. The van der Waals surface area contributed by atoms with Crippen molar-refractivity contribution < 1.29 is 20.4 Å². The minimum absolute atomic E-state index is 0.177. The molecule has 1 rings (SSSR count). The van der Waals surface area contributed by atoms with E-state index in [2.05, 4.69) is 38.1 Å². The van der Waals surface area contributed by atoms with Crippen LogP contribution in [-0.2, 0) is 12.8 Å². The van der Waals surface area contributed by atoms with Gasteiger partial charge in [-0.25, -0.2) is 0 Å². The second-order valence-corrected chi connectivity index (χ2v) is 12.2. The first-order valence-corrected chi connectivity index (χ1v) is 17.1. The third-order valence-corrected chi connectivity index (χ3v) is 8.09. The van der Waals surface area contributed by atoms with Crippen molar-refractivity contribution in [2.45, 2.75) is 160 Å². The van der Waals surface area contributed by atoms with Crippen molar-refractivity contribution in [2.75, 3.05) is 19.8 Å². The summed E-state index contributed by atoms with van der Waals surface area (Å²) in [5, 5.41) is 36.7. The molecule has 2 atom stereocenters. The lowest BCUT2D eigenvalue weighted by Crippen LogP contribution is -2.47. The minimum atomic E-state index is -0.864. The van der Waals surface area contributed by atoms with E-state index in [0.29, 0.717) is 6.42 Å². The normalized spacial score (nSPS) is 13.2. The lowest BCUT2D eigenvalue weighted by Gasteiger charge is -2.24. The quantitative estimate of drug-likeness (QED) is 0.0521. The molecule has 0 fully saturated rings. The predicted octanol–water partition coefficient (Wildman–Crippen LogP) is 6.74. The number of hydrogen-bond donors (Lipinski definition) is 6. The molecule has 2 unspecified atom stereocenters. The molecule has 6 nitrogen and oxygen atoms in total. The molecule has 8 N–H and O–H groups in total. The van der Waals surface area contributed by atoms with Crippen LogP contribution in [0.4, 0.5) is 0 Å². The van der Waals surface area contributed by atoms with Gasteiger partial charge in [0.05, 0.1) is 37.5 Å². The summed E-state index contributed by atoms with van der Waals surface area (Å²) >= 11 is 0. The number of hydrogen-bond acceptors (Lipinski definition) is 6. The summed E-state index contributed by atoms with van der Waals surface area (Å²) in [6.45, 7) is 3.96. The summed E-state index contributed by atoms with van der Waals surface area (Å²) in [5.74, 6) is 0. The standard InChI is InChI=1S/C19H33NO2.C17H35NO2/c1-2-3-4-5-6-7-8-17-9-11-18(12-10-17)13-14-19(20,15-21)16-22;1-2-3-4-5-6-7-8-9-10-11-12-13-14-17(20)16(18)15-19/h9-12,21-22H,2-8,13-16,20H2,1H3;13-14,16-17,19-20H,2-12,15,18H2,1H3/b;14-13+. The van der Waals surface area contributed by atoms with Gasteiger partial charge in [0.15, 0.2) is 0 Å². The second-order valence-electron chi connectivity index (χ2n) is 12.2. The van der Waals surface area contributed by atoms with E-state index in [1.807, 2.05) is 6.08 Å². The van der Waals surface area contributed by atoms with Gasteiger partial charge in [0.25, 0.3) is 0 Å². The highest BCUT2D eigenvalue weighted by Gasteiger charge is 2.22. The Hall–Kier alpha value is -1.28. The second kappa shape index (κ2) is 28.5. The SMILES string of the molecule is CCCCCCCCCCCC/C=C/C(O)C(N)CO.CCCCCCCCc1ccc(CCC(N)(CO)CO)cc1. The molecule has 0 aromatic heterocycles. The summed E-state index contributed by atoms with van der Waals surface area (Å²) in [4.78, 5) is 0. The number of nitrogens with two attached hydrogens (primary N) is 2. The Balaban J connectivity index is 0.000000805. The first-order valence-electron chi connectivity index (χ1n) is 17.1. The molecular weight excluding hydrogens is 524 g/mol. The van der Waals surface area contributed by atoms with Gasteiger partial charge >= 0.3 is 0 Å². The summed E-state index contributed by atoms with van der Waals surface area (Å²) < 4.78 is 0. The van der Waals surface area contributed by atoms with Gasteiger partial charge in [0, 0.05) is 0 Å². The van der Waals surface area contributed by atoms with E-state index in [0.717, 1.165) is 19.3 Å². The molecule has 1 aromatic rings. The van der Waals surface area contributed by atoms with Crippen molar-refractivity contribution in [3.05, 3.63) is 47.5 Å². The molecule has 246 valence electrons. The summed E-state index contributed by atoms with van der Waals surface area (Å²) in [6, 6.07) is 8.11. The van der Waals surface area contributed by atoms with Crippen LogP contribution in [0.15, 0.2) is 36.4 Å². The fourth-order valence-corrected chi connectivity index (χ4v) is 4.82.